The first-order chi connectivity index (χ1) is 50.8. The van der Waals surface area contributed by atoms with Crippen molar-refractivity contribution >= 4 is 39.5 Å². The first kappa shape index (κ1) is 103. The third-order valence-corrected chi connectivity index (χ3v) is 21.8. The first-order valence-electron chi connectivity index (χ1n) is 43.7. The minimum Gasteiger partial charge on any atom is -0.462 e. The fourth-order valence-corrected chi connectivity index (χ4v) is 14.4. The van der Waals surface area contributed by atoms with Crippen molar-refractivity contribution in [3.8, 4) is 0 Å². The molecule has 0 radical (unpaired) electrons. The average molecular weight is 1530 g/mol. The van der Waals surface area contributed by atoms with Crippen molar-refractivity contribution in [2.24, 2.45) is 17.8 Å². The molecule has 0 bridgehead atoms. The van der Waals surface area contributed by atoms with Crippen LogP contribution in [0, 0.1) is 17.8 Å². The van der Waals surface area contributed by atoms with Crippen molar-refractivity contribution in [3.63, 3.8) is 0 Å². The van der Waals surface area contributed by atoms with Gasteiger partial charge in [0.1, 0.15) is 19.3 Å². The van der Waals surface area contributed by atoms with E-state index < -0.39 is 97.5 Å². The molecule has 0 aromatic rings. The van der Waals surface area contributed by atoms with Crippen LogP contribution in [-0.2, 0) is 65.4 Å². The van der Waals surface area contributed by atoms with Crippen LogP contribution >= 0.6 is 15.6 Å². The summed E-state index contributed by atoms with van der Waals surface area (Å²) in [4.78, 5) is 73.2. The predicted octanol–water partition coefficient (Wildman–Crippen LogP) is 25.6. The van der Waals surface area contributed by atoms with Crippen LogP contribution in [0.3, 0.4) is 0 Å². The molecule has 0 fully saturated rings. The smallest absolute Gasteiger partial charge is 0.462 e. The highest BCUT2D eigenvalue weighted by atomic mass is 31.2. The van der Waals surface area contributed by atoms with Crippen LogP contribution in [0.4, 0.5) is 0 Å². The normalized spacial score (nSPS) is 14.3. The molecule has 0 aliphatic rings. The van der Waals surface area contributed by atoms with E-state index in [1.165, 1.54) is 225 Å². The zero-order valence-corrected chi connectivity index (χ0v) is 70.5. The van der Waals surface area contributed by atoms with E-state index in [1.807, 2.05) is 0 Å². The Labute approximate surface area is 643 Å². The summed E-state index contributed by atoms with van der Waals surface area (Å²) < 4.78 is 68.9. The van der Waals surface area contributed by atoms with Crippen molar-refractivity contribution in [1.82, 2.24) is 0 Å². The Hall–Kier alpha value is -2.46. The molecule has 0 saturated heterocycles. The second kappa shape index (κ2) is 75.6. The molecular weight excluding hydrogens is 1370 g/mol. The number of phosphoric acid groups is 2. The lowest BCUT2D eigenvalue weighted by Gasteiger charge is -2.21. The summed E-state index contributed by atoms with van der Waals surface area (Å²) in [5.74, 6) is 0.259. The molecule has 19 heteroatoms. The highest BCUT2D eigenvalue weighted by molar-refractivity contribution is 7.47. The lowest BCUT2D eigenvalue weighted by atomic mass is 9.99. The van der Waals surface area contributed by atoms with Crippen LogP contribution in [0.15, 0.2) is 24.3 Å². The monoisotopic (exact) mass is 1530 g/mol. The van der Waals surface area contributed by atoms with E-state index in [0.29, 0.717) is 25.7 Å². The van der Waals surface area contributed by atoms with E-state index >= 15 is 0 Å². The SMILES string of the molecule is CCCCCC/C=C\C=C/CCCCCCCC(=O)O[C@H](COC(=O)CCCCCCCCCCC(C)CC)COP(=O)(O)OC[C@H](O)COP(=O)(O)OC[C@@H](COC(=O)CCCCCCCCCCCCCCCCCCC(C)C)OC(=O)CCCCCCCCCCCCCCCCCCC(C)C. The zero-order chi connectivity index (χ0) is 77.2. The third kappa shape index (κ3) is 78.0. The second-order valence-electron chi connectivity index (χ2n) is 31.4. The van der Waals surface area contributed by atoms with Crippen molar-refractivity contribution in [1.29, 1.82) is 0 Å². The van der Waals surface area contributed by atoms with Gasteiger partial charge in [-0.1, -0.05) is 375 Å². The highest BCUT2D eigenvalue weighted by Gasteiger charge is 2.30. The summed E-state index contributed by atoms with van der Waals surface area (Å²) in [5, 5.41) is 10.7. The van der Waals surface area contributed by atoms with Crippen molar-refractivity contribution in [2.45, 2.75) is 446 Å². The number of carbonyl (C=O) groups is 4. The van der Waals surface area contributed by atoms with Crippen LogP contribution in [0.5, 0.6) is 0 Å². The van der Waals surface area contributed by atoms with Gasteiger partial charge in [0.2, 0.25) is 0 Å². The van der Waals surface area contributed by atoms with Crippen molar-refractivity contribution in [2.75, 3.05) is 39.6 Å². The Morgan fingerprint density at radius 3 is 0.848 bits per heavy atom. The van der Waals surface area contributed by atoms with E-state index in [9.17, 15) is 43.2 Å². The number of aliphatic hydroxyl groups is 1. The van der Waals surface area contributed by atoms with Gasteiger partial charge in [-0.25, -0.2) is 9.13 Å². The molecule has 0 heterocycles. The van der Waals surface area contributed by atoms with E-state index in [-0.39, 0.29) is 25.7 Å². The summed E-state index contributed by atoms with van der Waals surface area (Å²) in [7, 11) is -9.94. The Morgan fingerprint density at radius 1 is 0.314 bits per heavy atom. The number of hydrogen-bond donors (Lipinski definition) is 3. The Balaban J connectivity index is 5.29. The van der Waals surface area contributed by atoms with Crippen LogP contribution in [-0.4, -0.2) is 96.7 Å². The number of rotatable bonds is 82. The van der Waals surface area contributed by atoms with Gasteiger partial charge in [0, 0.05) is 25.7 Å². The fourth-order valence-electron chi connectivity index (χ4n) is 12.8. The highest BCUT2D eigenvalue weighted by Crippen LogP contribution is 2.45. The van der Waals surface area contributed by atoms with Gasteiger partial charge in [0.25, 0.3) is 0 Å². The molecule has 620 valence electrons. The molecule has 0 rings (SSSR count). The van der Waals surface area contributed by atoms with Crippen molar-refractivity contribution < 1.29 is 80.2 Å². The van der Waals surface area contributed by atoms with Crippen LogP contribution in [0.1, 0.15) is 427 Å². The predicted molar refractivity (Wildman–Crippen MR) is 432 cm³/mol. The van der Waals surface area contributed by atoms with E-state index in [2.05, 4.69) is 72.8 Å². The fraction of sp³-hybridized carbons (Fsp3) is 0.907. The van der Waals surface area contributed by atoms with Gasteiger partial charge in [-0.15, -0.1) is 0 Å². The van der Waals surface area contributed by atoms with E-state index in [0.717, 1.165) is 120 Å². The number of hydrogen-bond acceptors (Lipinski definition) is 15. The van der Waals surface area contributed by atoms with Gasteiger partial charge in [0.05, 0.1) is 26.4 Å². The quantitative estimate of drug-likeness (QED) is 0.0169. The summed E-state index contributed by atoms with van der Waals surface area (Å²) in [5.41, 5.74) is 0. The third-order valence-electron chi connectivity index (χ3n) is 19.9. The summed E-state index contributed by atoms with van der Waals surface area (Å²) >= 11 is 0. The standard InChI is InChI=1S/C86H164O17P2/c1-8-10-11-12-13-14-15-16-21-29-34-39-48-55-62-69-86(91)103-82(74-97-84(89)68-61-54-47-42-41-45-52-59-66-79(7)9-2)76-101-105(94,95)99-72-80(87)71-98-104(92,93)100-75-81(102-85(90)70-63-56-49-40-35-30-25-20-18-23-27-32-37-44-51-58-65-78(5)6)73-96-83(88)67-60-53-46-38-33-28-24-19-17-22-26-31-36-43-50-57-64-77(3)4/h14-16,21,77-82,87H,8-13,17-20,22-76H2,1-7H3,(H,92,93)(H,94,95)/b15-14-,21-16-/t79?,80-,81-,82-/m1/s1. The minimum atomic E-state index is -4.97. The van der Waals surface area contributed by atoms with Gasteiger partial charge in [-0.05, 0) is 69.1 Å². The van der Waals surface area contributed by atoms with Gasteiger partial charge in [0.15, 0.2) is 12.2 Å². The molecule has 0 amide bonds. The number of carbonyl (C=O) groups excluding carboxylic acids is 4. The Kier molecular flexibility index (Phi) is 73.8. The lowest BCUT2D eigenvalue weighted by molar-refractivity contribution is -0.161. The molecule has 0 aliphatic heterocycles. The zero-order valence-electron chi connectivity index (χ0n) is 68.7. The molecule has 0 aliphatic carbocycles. The molecule has 0 saturated carbocycles. The molecule has 0 spiro atoms. The molecular formula is C86H164O17P2. The number of esters is 4. The first-order valence-corrected chi connectivity index (χ1v) is 46.7. The van der Waals surface area contributed by atoms with Gasteiger partial charge >= 0.3 is 39.5 Å². The Bertz CT molecular complexity index is 2120. The lowest BCUT2D eigenvalue weighted by Crippen LogP contribution is -2.30. The molecule has 105 heavy (non-hydrogen) atoms. The summed E-state index contributed by atoms with van der Waals surface area (Å²) in [6.45, 7) is 12.0. The molecule has 0 aromatic heterocycles. The molecule has 6 atom stereocenters. The summed E-state index contributed by atoms with van der Waals surface area (Å²) in [6.07, 6.45) is 68.7. The number of ether oxygens (including phenoxy) is 4. The number of phosphoric ester groups is 2. The van der Waals surface area contributed by atoms with E-state index in [4.69, 9.17) is 37.0 Å². The number of unbranched alkanes of at least 4 members (excludes halogenated alkanes) is 46. The maximum absolute atomic E-state index is 13.1. The second-order valence-corrected chi connectivity index (χ2v) is 34.3. The maximum atomic E-state index is 13.1. The molecule has 17 nitrogen and oxygen atoms in total. The van der Waals surface area contributed by atoms with Gasteiger partial charge in [-0.2, -0.15) is 0 Å². The molecule has 0 aromatic carbocycles. The van der Waals surface area contributed by atoms with Crippen LogP contribution < -0.4 is 0 Å². The number of aliphatic hydroxyl groups excluding tert-OH is 1. The van der Waals surface area contributed by atoms with Crippen molar-refractivity contribution in [3.05, 3.63) is 24.3 Å². The van der Waals surface area contributed by atoms with Crippen LogP contribution in [0.25, 0.3) is 0 Å². The number of allylic oxidation sites excluding steroid dienone is 4. The molecule has 3 unspecified atom stereocenters. The topological polar surface area (TPSA) is 237 Å². The van der Waals surface area contributed by atoms with Crippen LogP contribution in [0.2, 0.25) is 0 Å². The average Bonchev–Trinajstić information content (AvgIpc) is 0.909. The summed E-state index contributed by atoms with van der Waals surface area (Å²) in [6, 6.07) is 0. The van der Waals surface area contributed by atoms with Gasteiger partial charge < -0.3 is 33.8 Å². The van der Waals surface area contributed by atoms with E-state index in [1.54, 1.807) is 0 Å². The largest absolute Gasteiger partial charge is 0.472 e. The van der Waals surface area contributed by atoms with Gasteiger partial charge in [-0.3, -0.25) is 37.3 Å². The minimum absolute atomic E-state index is 0.0846. The molecule has 3 N–H and O–H groups in total. The maximum Gasteiger partial charge on any atom is 0.472 e. The Morgan fingerprint density at radius 2 is 0.562 bits per heavy atom.